The molecule has 0 radical (unpaired) electrons. The smallest absolute Gasteiger partial charge is 0.305 e. The molecule has 0 saturated carbocycles. The Morgan fingerprint density at radius 1 is 1.21 bits per heavy atom. The summed E-state index contributed by atoms with van der Waals surface area (Å²) in [4.78, 5) is 25.6. The van der Waals surface area contributed by atoms with Gasteiger partial charge in [-0.1, -0.05) is 0 Å². The molecule has 0 bridgehead atoms. The minimum absolute atomic E-state index is 0.116. The van der Waals surface area contributed by atoms with Crippen LogP contribution in [0.5, 0.6) is 5.75 Å². The summed E-state index contributed by atoms with van der Waals surface area (Å²) in [7, 11) is -2.36. The number of halogens is 1. The highest BCUT2D eigenvalue weighted by atomic mass is 32.2. The van der Waals surface area contributed by atoms with Crippen molar-refractivity contribution in [1.82, 2.24) is 4.90 Å². The number of hydrogen-bond acceptors (Lipinski definition) is 6. The molecule has 2 aromatic rings. The number of ether oxygens (including phenoxy) is 2. The number of rotatable bonds is 5. The second-order valence-corrected chi connectivity index (χ2v) is 9.72. The monoisotopic (exact) mass is 478 g/mol. The summed E-state index contributed by atoms with van der Waals surface area (Å²) < 4.78 is 52.5. The average molecular weight is 478 g/mol. The molecule has 2 heterocycles. The van der Waals surface area contributed by atoms with Gasteiger partial charge in [-0.2, -0.15) is 0 Å². The Bertz CT molecular complexity index is 1170. The van der Waals surface area contributed by atoms with Crippen LogP contribution in [0.1, 0.15) is 29.6 Å². The molecule has 2 aromatic carbocycles. The number of carbonyl (C=O) groups is 2. The minimum atomic E-state index is -3.99. The predicted octanol–water partition coefficient (Wildman–Crippen LogP) is 2.48. The van der Waals surface area contributed by atoms with Crippen molar-refractivity contribution in [3.05, 3.63) is 53.8 Å². The second kappa shape index (κ2) is 8.99. The van der Waals surface area contributed by atoms with Gasteiger partial charge in [0.05, 0.1) is 29.0 Å². The van der Waals surface area contributed by atoms with Crippen molar-refractivity contribution >= 4 is 27.6 Å². The summed E-state index contributed by atoms with van der Waals surface area (Å²) in [5.74, 6) is -1.61. The fourth-order valence-corrected chi connectivity index (χ4v) is 5.16. The lowest BCUT2D eigenvalue weighted by Crippen LogP contribution is -2.53. The molecule has 3 atom stereocenters. The molecule has 1 saturated heterocycles. The number of hydrogen-bond donors (Lipinski definition) is 2. The van der Waals surface area contributed by atoms with Crippen LogP contribution in [-0.2, 0) is 19.6 Å². The normalized spacial score (nSPS) is 22.9. The summed E-state index contributed by atoms with van der Waals surface area (Å²) in [5, 5.41) is 9.04. The van der Waals surface area contributed by atoms with Gasteiger partial charge in [0.25, 0.3) is 15.9 Å². The topological polar surface area (TPSA) is 122 Å². The van der Waals surface area contributed by atoms with Gasteiger partial charge in [-0.05, 0) is 55.3 Å². The van der Waals surface area contributed by atoms with Crippen LogP contribution in [0.25, 0.3) is 0 Å². The average Bonchev–Trinajstić information content (AvgIpc) is 2.76. The number of aliphatic carboxylic acids is 1. The third-order valence-electron chi connectivity index (χ3n) is 5.79. The van der Waals surface area contributed by atoms with Crippen molar-refractivity contribution in [2.24, 2.45) is 0 Å². The summed E-state index contributed by atoms with van der Waals surface area (Å²) in [6.45, 7) is 0.117. The van der Waals surface area contributed by atoms with Gasteiger partial charge >= 0.3 is 5.97 Å². The van der Waals surface area contributed by atoms with Gasteiger partial charge in [0.2, 0.25) is 0 Å². The molecule has 4 rings (SSSR count). The maximum absolute atomic E-state index is 13.2. The van der Waals surface area contributed by atoms with Crippen LogP contribution in [-0.4, -0.2) is 62.2 Å². The van der Waals surface area contributed by atoms with Crippen LogP contribution >= 0.6 is 0 Å². The summed E-state index contributed by atoms with van der Waals surface area (Å²) >= 11 is 0. The van der Waals surface area contributed by atoms with E-state index < -0.39 is 34.0 Å². The number of carboxylic acid groups (broad SMARTS) is 1. The number of benzene rings is 2. The molecule has 1 fully saturated rings. The number of nitrogens with zero attached hydrogens (tertiary/aromatic N) is 1. The zero-order chi connectivity index (χ0) is 23.8. The largest absolute Gasteiger partial charge is 0.490 e. The van der Waals surface area contributed by atoms with Crippen LogP contribution in [0, 0.1) is 5.82 Å². The first-order chi connectivity index (χ1) is 15.6. The van der Waals surface area contributed by atoms with Crippen LogP contribution in [0.4, 0.5) is 10.1 Å². The summed E-state index contributed by atoms with van der Waals surface area (Å²) in [5.41, 5.74) is 0.338. The van der Waals surface area contributed by atoms with Crippen molar-refractivity contribution in [2.75, 3.05) is 18.4 Å². The van der Waals surface area contributed by atoms with E-state index in [0.29, 0.717) is 12.8 Å². The van der Waals surface area contributed by atoms with Gasteiger partial charge in [0.1, 0.15) is 24.3 Å². The quantitative estimate of drug-likeness (QED) is 0.677. The molecule has 0 unspecified atom stereocenters. The minimum Gasteiger partial charge on any atom is -0.490 e. The lowest BCUT2D eigenvalue weighted by molar-refractivity contribution is -0.148. The summed E-state index contributed by atoms with van der Waals surface area (Å²) in [6.07, 6.45) is 0.00473. The SMILES string of the molecule is CN1C(=O)c2cc(NS(=O)(=O)c3ccc(F)cc3)ccc2OC[C@H]2O[C@H](CC(=O)O)CC[C@H]21. The van der Waals surface area contributed by atoms with E-state index in [4.69, 9.17) is 14.6 Å². The molecule has 0 aliphatic carbocycles. The third-order valence-corrected chi connectivity index (χ3v) is 7.19. The Kier molecular flexibility index (Phi) is 6.26. The number of likely N-dealkylation sites (N-methyl/N-ethyl adjacent to an activating group) is 1. The highest BCUT2D eigenvalue weighted by Crippen LogP contribution is 2.33. The Balaban J connectivity index is 1.57. The van der Waals surface area contributed by atoms with Gasteiger partial charge in [-0.15, -0.1) is 0 Å². The van der Waals surface area contributed by atoms with E-state index in [0.717, 1.165) is 24.3 Å². The molecular formula is C22H23FN2O7S. The van der Waals surface area contributed by atoms with E-state index in [-0.39, 0.29) is 46.9 Å². The highest BCUT2D eigenvalue weighted by Gasteiger charge is 2.39. The van der Waals surface area contributed by atoms with Crippen LogP contribution in [0.3, 0.4) is 0 Å². The first-order valence-electron chi connectivity index (χ1n) is 10.3. The number of carboxylic acids is 1. The Morgan fingerprint density at radius 2 is 1.94 bits per heavy atom. The van der Waals surface area contributed by atoms with Gasteiger partial charge in [0, 0.05) is 12.7 Å². The molecule has 11 heteroatoms. The number of sulfonamides is 1. The van der Waals surface area contributed by atoms with E-state index in [2.05, 4.69) is 4.72 Å². The molecule has 0 aromatic heterocycles. The van der Waals surface area contributed by atoms with E-state index in [1.807, 2.05) is 0 Å². The van der Waals surface area contributed by atoms with Gasteiger partial charge in [0.15, 0.2) is 0 Å². The molecular weight excluding hydrogens is 455 g/mol. The number of fused-ring (bicyclic) bond motifs is 2. The van der Waals surface area contributed by atoms with Gasteiger partial charge < -0.3 is 19.5 Å². The van der Waals surface area contributed by atoms with Crippen molar-refractivity contribution in [3.63, 3.8) is 0 Å². The molecule has 176 valence electrons. The van der Waals surface area contributed by atoms with Gasteiger partial charge in [-0.25, -0.2) is 12.8 Å². The van der Waals surface area contributed by atoms with Crippen LogP contribution < -0.4 is 9.46 Å². The van der Waals surface area contributed by atoms with E-state index >= 15 is 0 Å². The molecule has 33 heavy (non-hydrogen) atoms. The molecule has 0 spiro atoms. The van der Waals surface area contributed by atoms with Crippen molar-refractivity contribution in [2.45, 2.75) is 42.4 Å². The van der Waals surface area contributed by atoms with Crippen molar-refractivity contribution in [3.8, 4) is 5.75 Å². The molecule has 2 aliphatic rings. The lowest BCUT2D eigenvalue weighted by Gasteiger charge is -2.42. The number of anilines is 1. The summed E-state index contributed by atoms with van der Waals surface area (Å²) in [6, 6.07) is 8.42. The van der Waals surface area contributed by atoms with E-state index in [9.17, 15) is 22.4 Å². The zero-order valence-electron chi connectivity index (χ0n) is 17.7. The first kappa shape index (κ1) is 23.0. The fraction of sp³-hybridized carbons (Fsp3) is 0.364. The molecule has 9 nitrogen and oxygen atoms in total. The Hall–Kier alpha value is -3.18. The standard InChI is InChI=1S/C22H23FN2O7S/c1-25-18-8-5-15(11-21(26)27)32-20(18)12-31-19-9-4-14(10-17(19)22(25)28)24-33(29,30)16-6-2-13(23)3-7-16/h2-4,6-7,9-10,15,18,20,24H,5,8,11-12H2,1H3,(H,26,27)/t15-,18+,20+/m0/s1. The Morgan fingerprint density at radius 3 is 2.64 bits per heavy atom. The number of nitrogens with one attached hydrogen (secondary N) is 1. The molecule has 1 amide bonds. The number of carbonyl (C=O) groups excluding carboxylic acids is 1. The van der Waals surface area contributed by atoms with E-state index in [1.54, 1.807) is 7.05 Å². The van der Waals surface area contributed by atoms with Gasteiger partial charge in [-0.3, -0.25) is 14.3 Å². The lowest BCUT2D eigenvalue weighted by atomic mass is 9.95. The molecule has 2 N–H and O–H groups in total. The number of amides is 1. The maximum Gasteiger partial charge on any atom is 0.305 e. The zero-order valence-corrected chi connectivity index (χ0v) is 18.5. The van der Waals surface area contributed by atoms with Crippen LogP contribution in [0.2, 0.25) is 0 Å². The first-order valence-corrected chi connectivity index (χ1v) is 11.8. The van der Waals surface area contributed by atoms with Crippen molar-refractivity contribution in [1.29, 1.82) is 0 Å². The van der Waals surface area contributed by atoms with Crippen LogP contribution in [0.15, 0.2) is 47.4 Å². The fourth-order valence-electron chi connectivity index (χ4n) is 4.11. The third kappa shape index (κ3) is 4.93. The van der Waals surface area contributed by atoms with E-state index in [1.165, 1.54) is 23.1 Å². The molecule has 2 aliphatic heterocycles. The highest BCUT2D eigenvalue weighted by molar-refractivity contribution is 7.92. The predicted molar refractivity (Wildman–Crippen MR) is 115 cm³/mol. The Labute approximate surface area is 190 Å². The second-order valence-electron chi connectivity index (χ2n) is 8.04. The van der Waals surface area contributed by atoms with Crippen molar-refractivity contribution < 1.29 is 37.0 Å². The maximum atomic E-state index is 13.2.